The minimum atomic E-state index is -0.549. The number of rotatable bonds is 8. The molecule has 142 valence electrons. The number of hydrogen-bond donors (Lipinski definition) is 0. The van der Waals surface area contributed by atoms with Gasteiger partial charge in [-0.15, -0.1) is 11.3 Å². The van der Waals surface area contributed by atoms with Crippen molar-refractivity contribution >= 4 is 17.2 Å². The van der Waals surface area contributed by atoms with E-state index in [0.717, 1.165) is 10.4 Å². The fraction of sp³-hybridized carbons (Fsp3) is 0.350. The van der Waals surface area contributed by atoms with Crippen molar-refractivity contribution in [1.29, 1.82) is 0 Å². The molecule has 0 saturated carbocycles. The number of amides is 1. The monoisotopic (exact) mass is 385 g/mol. The van der Waals surface area contributed by atoms with Gasteiger partial charge in [0.05, 0.1) is 4.88 Å². The molecule has 2 heterocycles. The first kappa shape index (κ1) is 19.1. The normalized spacial score (nSPS) is 12.0. The molecule has 0 aliphatic rings. The molecule has 3 rings (SSSR count). The van der Waals surface area contributed by atoms with Crippen LogP contribution in [0.25, 0.3) is 10.7 Å². The smallest absolute Gasteiger partial charge is 0.264 e. The first-order chi connectivity index (χ1) is 13.1. The lowest BCUT2D eigenvalue weighted by atomic mass is 10.2. The zero-order chi connectivity index (χ0) is 19.2. The van der Waals surface area contributed by atoms with Crippen molar-refractivity contribution in [2.75, 3.05) is 6.54 Å². The Hall–Kier alpha value is -2.67. The Balaban J connectivity index is 1.67. The van der Waals surface area contributed by atoms with Gasteiger partial charge in [0, 0.05) is 6.54 Å². The molecule has 7 heteroatoms. The highest BCUT2D eigenvalue weighted by Crippen LogP contribution is 2.22. The summed E-state index contributed by atoms with van der Waals surface area (Å²) in [6, 6.07) is 11.6. The van der Waals surface area contributed by atoms with Crippen molar-refractivity contribution in [2.24, 2.45) is 0 Å². The highest BCUT2D eigenvalue weighted by Gasteiger charge is 2.25. The molecule has 0 aliphatic carbocycles. The maximum atomic E-state index is 12.9. The summed E-state index contributed by atoms with van der Waals surface area (Å²) >= 11 is 1.55. The van der Waals surface area contributed by atoms with Crippen LogP contribution in [-0.4, -0.2) is 33.6 Å². The van der Waals surface area contributed by atoms with Crippen molar-refractivity contribution in [2.45, 2.75) is 39.8 Å². The Labute approximate surface area is 162 Å². The van der Waals surface area contributed by atoms with Crippen molar-refractivity contribution in [3.05, 3.63) is 53.2 Å². The summed E-state index contributed by atoms with van der Waals surface area (Å²) in [5.74, 6) is 1.57. The average molecular weight is 385 g/mol. The average Bonchev–Trinajstić information content (AvgIpc) is 3.36. The van der Waals surface area contributed by atoms with Gasteiger partial charge in [-0.05, 0) is 43.8 Å². The minimum absolute atomic E-state index is 0.0866. The molecule has 0 spiro atoms. The molecular weight excluding hydrogens is 362 g/mol. The molecule has 1 aromatic carbocycles. The fourth-order valence-electron chi connectivity index (χ4n) is 2.63. The zero-order valence-corrected chi connectivity index (χ0v) is 16.5. The molecule has 0 bridgehead atoms. The van der Waals surface area contributed by atoms with Crippen LogP contribution in [0.3, 0.4) is 0 Å². The Kier molecular flexibility index (Phi) is 6.24. The van der Waals surface area contributed by atoms with E-state index < -0.39 is 6.10 Å². The van der Waals surface area contributed by atoms with Gasteiger partial charge in [-0.1, -0.05) is 35.8 Å². The molecule has 1 atom stereocenters. The van der Waals surface area contributed by atoms with E-state index in [0.29, 0.717) is 30.4 Å². The van der Waals surface area contributed by atoms with Crippen LogP contribution in [0.2, 0.25) is 0 Å². The number of likely N-dealkylation sites (N-methyl/N-ethyl adjacent to an activating group) is 1. The third-order valence-electron chi connectivity index (χ3n) is 4.17. The third kappa shape index (κ3) is 4.74. The Morgan fingerprint density at radius 1 is 1.26 bits per heavy atom. The number of carbonyl (C=O) groups excluding carboxylic acids is 1. The van der Waals surface area contributed by atoms with E-state index in [2.05, 4.69) is 10.1 Å². The van der Waals surface area contributed by atoms with E-state index >= 15 is 0 Å². The third-order valence-corrected chi connectivity index (χ3v) is 5.04. The fourth-order valence-corrected chi connectivity index (χ4v) is 3.28. The van der Waals surface area contributed by atoms with Crippen molar-refractivity contribution < 1.29 is 14.1 Å². The standard InChI is InChI=1S/C20H23N3O3S/c1-4-16(25-15-10-8-14(3)9-11-15)20(24)23(5-2)13-18-21-19(22-26-18)17-7-6-12-27-17/h6-12,16H,4-5,13H2,1-3H3/t16-/m0/s1. The van der Waals surface area contributed by atoms with Crippen molar-refractivity contribution in [3.63, 3.8) is 0 Å². The molecule has 0 fully saturated rings. The van der Waals surface area contributed by atoms with Crippen LogP contribution in [0, 0.1) is 6.92 Å². The highest BCUT2D eigenvalue weighted by molar-refractivity contribution is 7.13. The van der Waals surface area contributed by atoms with E-state index in [-0.39, 0.29) is 12.5 Å². The van der Waals surface area contributed by atoms with E-state index in [1.54, 1.807) is 16.2 Å². The van der Waals surface area contributed by atoms with Crippen LogP contribution in [0.4, 0.5) is 0 Å². The van der Waals surface area contributed by atoms with Gasteiger partial charge in [0.2, 0.25) is 11.7 Å². The summed E-state index contributed by atoms with van der Waals surface area (Å²) in [6.07, 6.45) is 0.0281. The molecule has 0 saturated heterocycles. The second kappa shape index (κ2) is 8.81. The molecule has 0 N–H and O–H groups in total. The SMILES string of the molecule is CC[C@H](Oc1ccc(C)cc1)C(=O)N(CC)Cc1nc(-c2cccs2)no1. The number of nitrogens with zero attached hydrogens (tertiary/aromatic N) is 3. The molecule has 0 radical (unpaired) electrons. The van der Waals surface area contributed by atoms with Crippen molar-refractivity contribution in [3.8, 4) is 16.5 Å². The van der Waals surface area contributed by atoms with Gasteiger partial charge in [0.1, 0.15) is 12.3 Å². The molecular formula is C20H23N3O3S. The van der Waals surface area contributed by atoms with Crippen LogP contribution < -0.4 is 4.74 Å². The Bertz CT molecular complexity index is 859. The second-order valence-corrected chi connectivity index (χ2v) is 7.12. The number of carbonyl (C=O) groups is 1. The van der Waals surface area contributed by atoms with E-state index in [1.165, 1.54) is 0 Å². The molecule has 0 unspecified atom stereocenters. The number of aryl methyl sites for hydroxylation is 1. The predicted molar refractivity (Wildman–Crippen MR) is 105 cm³/mol. The van der Waals surface area contributed by atoms with Crippen LogP contribution in [-0.2, 0) is 11.3 Å². The summed E-state index contributed by atoms with van der Waals surface area (Å²) in [4.78, 5) is 19.9. The topological polar surface area (TPSA) is 68.5 Å². The summed E-state index contributed by atoms with van der Waals surface area (Å²) in [7, 11) is 0. The lowest BCUT2D eigenvalue weighted by Gasteiger charge is -2.25. The quantitative estimate of drug-likeness (QED) is 0.578. The minimum Gasteiger partial charge on any atom is -0.481 e. The zero-order valence-electron chi connectivity index (χ0n) is 15.7. The van der Waals surface area contributed by atoms with Gasteiger partial charge in [-0.3, -0.25) is 4.79 Å². The lowest BCUT2D eigenvalue weighted by Crippen LogP contribution is -2.41. The number of thiophene rings is 1. The summed E-state index contributed by atoms with van der Waals surface area (Å²) < 4.78 is 11.2. The molecule has 27 heavy (non-hydrogen) atoms. The van der Waals surface area contributed by atoms with Gasteiger partial charge in [0.25, 0.3) is 5.91 Å². The number of ether oxygens (including phenoxy) is 1. The van der Waals surface area contributed by atoms with E-state index in [4.69, 9.17) is 9.26 Å². The maximum Gasteiger partial charge on any atom is 0.264 e. The van der Waals surface area contributed by atoms with Crippen LogP contribution in [0.1, 0.15) is 31.7 Å². The van der Waals surface area contributed by atoms with Crippen LogP contribution in [0.15, 0.2) is 46.3 Å². The number of hydrogen-bond acceptors (Lipinski definition) is 6. The first-order valence-corrected chi connectivity index (χ1v) is 9.87. The number of benzene rings is 1. The maximum absolute atomic E-state index is 12.9. The van der Waals surface area contributed by atoms with Gasteiger partial charge >= 0.3 is 0 Å². The summed E-state index contributed by atoms with van der Waals surface area (Å²) in [5, 5.41) is 5.96. The molecule has 6 nitrogen and oxygen atoms in total. The Morgan fingerprint density at radius 2 is 2.04 bits per heavy atom. The van der Waals surface area contributed by atoms with Gasteiger partial charge in [-0.25, -0.2) is 0 Å². The predicted octanol–water partition coefficient (Wildman–Crippen LogP) is 4.31. The van der Waals surface area contributed by atoms with E-state index in [1.807, 2.05) is 62.5 Å². The van der Waals surface area contributed by atoms with E-state index in [9.17, 15) is 4.79 Å². The molecule has 1 amide bonds. The second-order valence-electron chi connectivity index (χ2n) is 6.17. The molecule has 0 aliphatic heterocycles. The number of aromatic nitrogens is 2. The van der Waals surface area contributed by atoms with Gasteiger partial charge in [0.15, 0.2) is 6.10 Å². The Morgan fingerprint density at radius 3 is 2.67 bits per heavy atom. The van der Waals surface area contributed by atoms with Crippen LogP contribution >= 0.6 is 11.3 Å². The lowest BCUT2D eigenvalue weighted by molar-refractivity contribution is -0.139. The van der Waals surface area contributed by atoms with Gasteiger partial charge < -0.3 is 14.2 Å². The summed E-state index contributed by atoms with van der Waals surface area (Å²) in [5.41, 5.74) is 1.15. The van der Waals surface area contributed by atoms with Crippen LogP contribution in [0.5, 0.6) is 5.75 Å². The molecule has 3 aromatic rings. The largest absolute Gasteiger partial charge is 0.481 e. The highest BCUT2D eigenvalue weighted by atomic mass is 32.1. The van der Waals surface area contributed by atoms with Gasteiger partial charge in [-0.2, -0.15) is 4.98 Å². The van der Waals surface area contributed by atoms with Crippen molar-refractivity contribution in [1.82, 2.24) is 15.0 Å². The molecule has 2 aromatic heterocycles. The summed E-state index contributed by atoms with van der Waals surface area (Å²) in [6.45, 7) is 6.67. The first-order valence-electron chi connectivity index (χ1n) is 8.99.